The molecule has 0 aliphatic carbocycles. The van der Waals surface area contributed by atoms with Crippen molar-refractivity contribution in [1.82, 2.24) is 30.7 Å². The van der Waals surface area contributed by atoms with Gasteiger partial charge in [-0.3, -0.25) is 44.3 Å². The number of piperidine rings is 4. The number of nitrogens with zero attached hydrogens (tertiary/aromatic N) is 3. The van der Waals surface area contributed by atoms with Gasteiger partial charge in [0.25, 0.3) is 11.8 Å². The van der Waals surface area contributed by atoms with Crippen molar-refractivity contribution in [3.05, 3.63) is 106 Å². The SMILES string of the molecule is C.C.CC1(C)CN(Cc2ccccc2)CCC1c1ccc2c(c1)CN(C1CCC(=O)NC1=O)C2=O.CC1(C)CNCCC1c1ccc2c(c1)CN(C1CCC(=O)NC1=O)C2=O.Cl.Cl. The van der Waals surface area contributed by atoms with Crippen molar-refractivity contribution in [3.63, 3.8) is 0 Å². The first-order valence-electron chi connectivity index (χ1n) is 21.2. The first-order chi connectivity index (χ1) is 28.2. The molecule has 3 aromatic carbocycles. The van der Waals surface area contributed by atoms with E-state index in [2.05, 4.69) is 103 Å². The van der Waals surface area contributed by atoms with Crippen LogP contribution < -0.4 is 16.0 Å². The predicted octanol–water partition coefficient (Wildman–Crippen LogP) is 7.13. The average Bonchev–Trinajstić information content (AvgIpc) is 3.69. The zero-order chi connectivity index (χ0) is 41.6. The maximum Gasteiger partial charge on any atom is 0.255 e. The molecular formula is C49H66Cl2N6O6. The Kier molecular flexibility index (Phi) is 16.6. The molecule has 0 bridgehead atoms. The first kappa shape index (κ1) is 51.0. The van der Waals surface area contributed by atoms with E-state index >= 15 is 0 Å². The molecular weight excluding hydrogens is 839 g/mol. The van der Waals surface area contributed by atoms with E-state index in [0.29, 0.717) is 48.9 Å². The molecule has 12 nitrogen and oxygen atoms in total. The molecule has 6 amide bonds. The van der Waals surface area contributed by atoms with Gasteiger partial charge in [0, 0.05) is 56.7 Å². The number of carbonyl (C=O) groups is 6. The summed E-state index contributed by atoms with van der Waals surface area (Å²) in [6.45, 7) is 15.1. The molecule has 3 aromatic rings. The van der Waals surface area contributed by atoms with Crippen LogP contribution >= 0.6 is 24.8 Å². The number of halogens is 2. The summed E-state index contributed by atoms with van der Waals surface area (Å²) in [5.74, 6) is -0.590. The van der Waals surface area contributed by atoms with Gasteiger partial charge < -0.3 is 15.1 Å². The molecule has 0 aromatic heterocycles. The topological polar surface area (TPSA) is 148 Å². The van der Waals surface area contributed by atoms with Gasteiger partial charge in [0.15, 0.2) is 0 Å². The Balaban J connectivity index is 0.000000266. The van der Waals surface area contributed by atoms with Crippen LogP contribution in [-0.2, 0) is 38.8 Å². The fourth-order valence-corrected chi connectivity index (χ4v) is 10.5. The van der Waals surface area contributed by atoms with Crippen molar-refractivity contribution >= 4 is 60.3 Å². The number of benzene rings is 3. The van der Waals surface area contributed by atoms with E-state index in [0.717, 1.165) is 56.7 Å². The number of nitrogens with one attached hydrogen (secondary N) is 3. The van der Waals surface area contributed by atoms with Gasteiger partial charge in [0.1, 0.15) is 12.1 Å². The van der Waals surface area contributed by atoms with Gasteiger partial charge in [-0.1, -0.05) is 97.1 Å². The Labute approximate surface area is 385 Å². The largest absolute Gasteiger partial charge is 0.322 e. The zero-order valence-corrected chi connectivity index (χ0v) is 37.1. The lowest BCUT2D eigenvalue weighted by molar-refractivity contribution is -0.138. The highest BCUT2D eigenvalue weighted by atomic mass is 35.5. The Morgan fingerprint density at radius 3 is 1.57 bits per heavy atom. The minimum atomic E-state index is -0.566. The summed E-state index contributed by atoms with van der Waals surface area (Å²) >= 11 is 0. The molecule has 4 fully saturated rings. The van der Waals surface area contributed by atoms with Crippen molar-refractivity contribution in [1.29, 1.82) is 0 Å². The van der Waals surface area contributed by atoms with E-state index in [1.54, 1.807) is 9.80 Å². The lowest BCUT2D eigenvalue weighted by Gasteiger charge is -2.45. The van der Waals surface area contributed by atoms with Crippen LogP contribution in [0.15, 0.2) is 66.7 Å². The second-order valence-corrected chi connectivity index (χ2v) is 18.7. The maximum atomic E-state index is 13.0. The van der Waals surface area contributed by atoms with E-state index in [1.165, 1.54) is 16.7 Å². The Bertz CT molecular complexity index is 2200. The third-order valence-electron chi connectivity index (χ3n) is 13.6. The molecule has 6 aliphatic heterocycles. The first-order valence-corrected chi connectivity index (χ1v) is 21.2. The highest BCUT2D eigenvalue weighted by molar-refractivity contribution is 6.06. The second kappa shape index (κ2) is 20.5. The average molecular weight is 906 g/mol. The van der Waals surface area contributed by atoms with Crippen LogP contribution in [0.2, 0.25) is 0 Å². The molecule has 4 unspecified atom stereocenters. The molecule has 14 heteroatoms. The fourth-order valence-electron chi connectivity index (χ4n) is 10.5. The monoisotopic (exact) mass is 904 g/mol. The number of imide groups is 2. The predicted molar refractivity (Wildman–Crippen MR) is 250 cm³/mol. The minimum Gasteiger partial charge on any atom is -0.322 e. The summed E-state index contributed by atoms with van der Waals surface area (Å²) in [4.78, 5) is 78.9. The van der Waals surface area contributed by atoms with Crippen LogP contribution in [0.25, 0.3) is 0 Å². The number of carbonyl (C=O) groups excluding carboxylic acids is 6. The van der Waals surface area contributed by atoms with Gasteiger partial charge in [-0.25, -0.2) is 0 Å². The lowest BCUT2D eigenvalue weighted by atomic mass is 9.70. The molecule has 63 heavy (non-hydrogen) atoms. The summed E-state index contributed by atoms with van der Waals surface area (Å²) in [6, 6.07) is 21.9. The molecule has 6 aliphatic rings. The van der Waals surface area contributed by atoms with Crippen molar-refractivity contribution in [2.75, 3.05) is 26.2 Å². The van der Waals surface area contributed by atoms with Crippen LogP contribution in [0, 0.1) is 10.8 Å². The highest BCUT2D eigenvalue weighted by Crippen LogP contribution is 2.44. The van der Waals surface area contributed by atoms with Crippen molar-refractivity contribution in [2.24, 2.45) is 10.8 Å². The van der Waals surface area contributed by atoms with E-state index in [4.69, 9.17) is 0 Å². The number of amides is 6. The Morgan fingerprint density at radius 2 is 1.11 bits per heavy atom. The maximum absolute atomic E-state index is 13.0. The standard InChI is InChI=1S/C27H31N3O3.C20H25N3O3.2CH4.2ClH/c1-27(2)17-29(15-18-6-4-3-5-7-18)13-12-22(27)19-8-9-21-20(14-19)16-30(26(21)33)23-10-11-24(31)28-25(23)32;1-20(2)11-21-8-7-15(20)12-3-4-14-13(9-12)10-23(19(14)26)16-5-6-17(24)22-18(16)25;;;;/h3-9,14,22-23H,10-13,15-17H2,1-2H3,(H,28,31,32);3-4,9,15-16,21H,5-8,10-11H2,1-2H3,(H,22,24,25);2*1H4;2*1H. The molecule has 9 rings (SSSR count). The van der Waals surface area contributed by atoms with Gasteiger partial charge in [0.2, 0.25) is 23.6 Å². The molecule has 4 atom stereocenters. The second-order valence-electron chi connectivity index (χ2n) is 18.7. The van der Waals surface area contributed by atoms with Crippen molar-refractivity contribution in [3.8, 4) is 0 Å². The molecule has 342 valence electrons. The molecule has 0 spiro atoms. The van der Waals surface area contributed by atoms with Gasteiger partial charge >= 0.3 is 0 Å². The zero-order valence-electron chi connectivity index (χ0n) is 35.5. The van der Waals surface area contributed by atoms with E-state index in [1.807, 2.05) is 12.1 Å². The van der Waals surface area contributed by atoms with Crippen LogP contribution in [0.4, 0.5) is 0 Å². The normalized spacial score (nSPS) is 24.8. The third kappa shape index (κ3) is 10.5. The number of likely N-dealkylation sites (tertiary alicyclic amines) is 1. The number of hydrogen-bond acceptors (Lipinski definition) is 8. The van der Waals surface area contributed by atoms with Crippen LogP contribution in [-0.4, -0.2) is 88.4 Å². The molecule has 3 N–H and O–H groups in total. The summed E-state index contributed by atoms with van der Waals surface area (Å²) in [5.41, 5.74) is 7.51. The number of fused-ring (bicyclic) bond motifs is 2. The Hall–Kier alpha value is -4.62. The van der Waals surface area contributed by atoms with Crippen LogP contribution in [0.5, 0.6) is 0 Å². The quantitative estimate of drug-likeness (QED) is 0.222. The van der Waals surface area contributed by atoms with E-state index in [-0.39, 0.29) is 98.8 Å². The van der Waals surface area contributed by atoms with Gasteiger partial charge in [-0.2, -0.15) is 0 Å². The minimum absolute atomic E-state index is 0. The summed E-state index contributed by atoms with van der Waals surface area (Å²) in [7, 11) is 0. The summed E-state index contributed by atoms with van der Waals surface area (Å²) < 4.78 is 0. The third-order valence-corrected chi connectivity index (χ3v) is 13.6. The van der Waals surface area contributed by atoms with Crippen molar-refractivity contribution in [2.45, 2.75) is 125 Å². The number of rotatable bonds is 6. The van der Waals surface area contributed by atoms with E-state index in [9.17, 15) is 28.8 Å². The van der Waals surface area contributed by atoms with Crippen LogP contribution in [0.1, 0.15) is 141 Å². The molecule has 0 saturated carbocycles. The smallest absolute Gasteiger partial charge is 0.255 e. The van der Waals surface area contributed by atoms with Crippen LogP contribution in [0.3, 0.4) is 0 Å². The summed E-state index contributed by atoms with van der Waals surface area (Å²) in [5, 5.41) is 8.18. The Morgan fingerprint density at radius 1 is 0.619 bits per heavy atom. The molecule has 6 heterocycles. The van der Waals surface area contributed by atoms with Gasteiger partial charge in [-0.15, -0.1) is 24.8 Å². The molecule has 0 radical (unpaired) electrons. The molecule has 4 saturated heterocycles. The lowest BCUT2D eigenvalue weighted by Crippen LogP contribution is -2.52. The van der Waals surface area contributed by atoms with Gasteiger partial charge in [0.05, 0.1) is 0 Å². The highest BCUT2D eigenvalue weighted by Gasteiger charge is 2.43. The summed E-state index contributed by atoms with van der Waals surface area (Å²) in [6.07, 6.45) is 3.51. The van der Waals surface area contributed by atoms with Gasteiger partial charge in [-0.05, 0) is 101 Å². The fraction of sp³-hybridized carbons (Fsp3) is 0.510. The van der Waals surface area contributed by atoms with E-state index < -0.39 is 12.1 Å². The van der Waals surface area contributed by atoms with Crippen molar-refractivity contribution < 1.29 is 28.8 Å². The number of hydrogen-bond donors (Lipinski definition) is 3.